The zero-order chi connectivity index (χ0) is 13.7. The molecule has 1 aromatic carbocycles. The summed E-state index contributed by atoms with van der Waals surface area (Å²) in [6.07, 6.45) is 1.92. The summed E-state index contributed by atoms with van der Waals surface area (Å²) in [4.78, 5) is 0. The average molecular weight is 282 g/mol. The van der Waals surface area contributed by atoms with E-state index in [4.69, 9.17) is 22.1 Å². The Morgan fingerprint density at radius 1 is 1.37 bits per heavy atom. The van der Waals surface area contributed by atoms with E-state index in [0.29, 0.717) is 16.5 Å². The van der Waals surface area contributed by atoms with Crippen molar-refractivity contribution in [2.24, 2.45) is 0 Å². The molecule has 7 heteroatoms. The minimum atomic E-state index is 0.506. The summed E-state index contributed by atoms with van der Waals surface area (Å²) < 4.78 is 6.77. The highest BCUT2D eigenvalue weighted by Crippen LogP contribution is 2.25. The van der Waals surface area contributed by atoms with E-state index in [1.165, 1.54) is 0 Å². The van der Waals surface area contributed by atoms with Gasteiger partial charge in [0, 0.05) is 25.8 Å². The SMILES string of the molecule is COCCCCn1nnnc1-c1ccc(N)c(Cl)c1. The maximum absolute atomic E-state index is 6.01. The molecule has 0 fully saturated rings. The van der Waals surface area contributed by atoms with Crippen molar-refractivity contribution in [1.29, 1.82) is 0 Å². The first-order chi connectivity index (χ1) is 9.22. The number of halogens is 1. The van der Waals surface area contributed by atoms with Gasteiger partial charge in [-0.25, -0.2) is 4.68 Å². The van der Waals surface area contributed by atoms with Gasteiger partial charge in [-0.2, -0.15) is 0 Å². The van der Waals surface area contributed by atoms with Crippen molar-refractivity contribution in [3.05, 3.63) is 23.2 Å². The van der Waals surface area contributed by atoms with Crippen molar-refractivity contribution >= 4 is 17.3 Å². The number of aromatic nitrogens is 4. The van der Waals surface area contributed by atoms with Crippen LogP contribution >= 0.6 is 11.6 Å². The number of anilines is 1. The fourth-order valence-electron chi connectivity index (χ4n) is 1.74. The fourth-order valence-corrected chi connectivity index (χ4v) is 1.92. The first kappa shape index (κ1) is 13.8. The van der Waals surface area contributed by atoms with Crippen LogP contribution in [0.1, 0.15) is 12.8 Å². The van der Waals surface area contributed by atoms with Gasteiger partial charge in [0.1, 0.15) is 0 Å². The van der Waals surface area contributed by atoms with Crippen LogP contribution in [0.3, 0.4) is 0 Å². The third-order valence-electron chi connectivity index (χ3n) is 2.76. The maximum atomic E-state index is 6.01. The Morgan fingerprint density at radius 2 is 2.21 bits per heavy atom. The van der Waals surface area contributed by atoms with Crippen molar-refractivity contribution in [3.63, 3.8) is 0 Å². The molecule has 0 spiro atoms. The van der Waals surface area contributed by atoms with Crippen LogP contribution in [0.15, 0.2) is 18.2 Å². The summed E-state index contributed by atoms with van der Waals surface area (Å²) in [7, 11) is 1.69. The van der Waals surface area contributed by atoms with E-state index in [2.05, 4.69) is 15.5 Å². The first-order valence-corrected chi connectivity index (χ1v) is 6.40. The lowest BCUT2D eigenvalue weighted by atomic mass is 10.2. The van der Waals surface area contributed by atoms with Gasteiger partial charge in [-0.1, -0.05) is 11.6 Å². The summed E-state index contributed by atoms with van der Waals surface area (Å²) >= 11 is 6.01. The molecule has 1 aromatic heterocycles. The number of tetrazole rings is 1. The average Bonchev–Trinajstić information content (AvgIpc) is 2.86. The molecule has 2 aromatic rings. The number of benzene rings is 1. The molecule has 0 amide bonds. The van der Waals surface area contributed by atoms with E-state index in [-0.39, 0.29) is 0 Å². The molecular weight excluding hydrogens is 266 g/mol. The smallest absolute Gasteiger partial charge is 0.182 e. The summed E-state index contributed by atoms with van der Waals surface area (Å²) in [6.45, 7) is 1.48. The molecule has 0 saturated carbocycles. The van der Waals surface area contributed by atoms with E-state index < -0.39 is 0 Å². The Morgan fingerprint density at radius 3 is 2.95 bits per heavy atom. The van der Waals surface area contributed by atoms with Crippen molar-refractivity contribution in [2.45, 2.75) is 19.4 Å². The Balaban J connectivity index is 2.12. The van der Waals surface area contributed by atoms with E-state index in [9.17, 15) is 0 Å². The topological polar surface area (TPSA) is 78.8 Å². The lowest BCUT2D eigenvalue weighted by molar-refractivity contribution is 0.191. The highest BCUT2D eigenvalue weighted by molar-refractivity contribution is 6.33. The van der Waals surface area contributed by atoms with Crippen LogP contribution in [-0.4, -0.2) is 33.9 Å². The quantitative estimate of drug-likeness (QED) is 0.647. The Labute approximate surface area is 116 Å². The van der Waals surface area contributed by atoms with Crippen molar-refractivity contribution in [3.8, 4) is 11.4 Å². The molecule has 0 atom stereocenters. The Bertz CT molecular complexity index is 543. The second-order valence-corrected chi connectivity index (χ2v) is 4.57. The van der Waals surface area contributed by atoms with Gasteiger partial charge < -0.3 is 10.5 Å². The zero-order valence-corrected chi connectivity index (χ0v) is 11.5. The number of methoxy groups -OCH3 is 1. The van der Waals surface area contributed by atoms with Gasteiger partial charge in [0.15, 0.2) is 5.82 Å². The molecule has 2 rings (SSSR count). The second-order valence-electron chi connectivity index (χ2n) is 4.16. The third kappa shape index (κ3) is 3.42. The number of hydrogen-bond donors (Lipinski definition) is 1. The number of hydrogen-bond acceptors (Lipinski definition) is 5. The molecular formula is C12H16ClN5O. The molecule has 1 heterocycles. The Kier molecular flexibility index (Phi) is 4.70. The van der Waals surface area contributed by atoms with Crippen LogP contribution in [0.25, 0.3) is 11.4 Å². The first-order valence-electron chi connectivity index (χ1n) is 6.03. The van der Waals surface area contributed by atoms with E-state index in [0.717, 1.165) is 31.6 Å². The van der Waals surface area contributed by atoms with Crippen LogP contribution in [0.5, 0.6) is 0 Å². The summed E-state index contributed by atoms with van der Waals surface area (Å²) in [6, 6.07) is 5.38. The standard InChI is InChI=1S/C12H16ClN5O/c1-19-7-3-2-6-18-12(15-16-17-18)9-4-5-11(14)10(13)8-9/h4-5,8H,2-3,6-7,14H2,1H3. The number of nitrogens with two attached hydrogens (primary N) is 1. The minimum absolute atomic E-state index is 0.506. The number of nitrogen functional groups attached to an aromatic ring is 1. The highest BCUT2D eigenvalue weighted by atomic mass is 35.5. The van der Waals surface area contributed by atoms with Gasteiger partial charge in [0.25, 0.3) is 0 Å². The van der Waals surface area contributed by atoms with Gasteiger partial charge in [-0.3, -0.25) is 0 Å². The van der Waals surface area contributed by atoms with Crippen LogP contribution in [0.2, 0.25) is 5.02 Å². The van der Waals surface area contributed by atoms with Gasteiger partial charge in [0.2, 0.25) is 0 Å². The lowest BCUT2D eigenvalue weighted by Crippen LogP contribution is -2.04. The number of rotatable bonds is 6. The van der Waals surface area contributed by atoms with Crippen LogP contribution in [0.4, 0.5) is 5.69 Å². The van der Waals surface area contributed by atoms with Gasteiger partial charge in [0.05, 0.1) is 10.7 Å². The minimum Gasteiger partial charge on any atom is -0.398 e. The maximum Gasteiger partial charge on any atom is 0.182 e. The van der Waals surface area contributed by atoms with Gasteiger partial charge in [-0.15, -0.1) is 5.10 Å². The third-order valence-corrected chi connectivity index (χ3v) is 3.09. The molecule has 0 saturated heterocycles. The van der Waals surface area contributed by atoms with Crippen LogP contribution in [-0.2, 0) is 11.3 Å². The number of nitrogens with zero attached hydrogens (tertiary/aromatic N) is 4. The molecule has 102 valence electrons. The molecule has 0 aliphatic heterocycles. The van der Waals surface area contributed by atoms with Crippen LogP contribution < -0.4 is 5.73 Å². The summed E-state index contributed by atoms with van der Waals surface area (Å²) in [5.74, 6) is 0.694. The Hall–Kier alpha value is -1.66. The van der Waals surface area contributed by atoms with E-state index in [1.807, 2.05) is 6.07 Å². The monoisotopic (exact) mass is 281 g/mol. The molecule has 19 heavy (non-hydrogen) atoms. The molecule has 0 aliphatic carbocycles. The predicted molar refractivity (Wildman–Crippen MR) is 73.8 cm³/mol. The molecule has 6 nitrogen and oxygen atoms in total. The van der Waals surface area contributed by atoms with E-state index in [1.54, 1.807) is 23.9 Å². The van der Waals surface area contributed by atoms with Gasteiger partial charge >= 0.3 is 0 Å². The predicted octanol–water partition coefficient (Wildman–Crippen LogP) is 2.00. The molecule has 0 unspecified atom stereocenters. The lowest BCUT2D eigenvalue weighted by Gasteiger charge is -2.05. The van der Waals surface area contributed by atoms with Crippen molar-refractivity contribution in [1.82, 2.24) is 20.2 Å². The van der Waals surface area contributed by atoms with E-state index >= 15 is 0 Å². The summed E-state index contributed by atoms with van der Waals surface area (Å²) in [5, 5.41) is 12.2. The molecule has 2 N–H and O–H groups in total. The number of aryl methyl sites for hydroxylation is 1. The second kappa shape index (κ2) is 6.49. The van der Waals surface area contributed by atoms with Crippen molar-refractivity contribution in [2.75, 3.05) is 19.5 Å². The van der Waals surface area contributed by atoms with Crippen LogP contribution in [0, 0.1) is 0 Å². The number of ether oxygens (including phenoxy) is 1. The normalized spacial score (nSPS) is 10.8. The van der Waals surface area contributed by atoms with Gasteiger partial charge in [-0.05, 0) is 41.5 Å². The highest BCUT2D eigenvalue weighted by Gasteiger charge is 2.10. The zero-order valence-electron chi connectivity index (χ0n) is 10.7. The number of unbranched alkanes of at least 4 members (excludes halogenated alkanes) is 1. The molecule has 0 aliphatic rings. The largest absolute Gasteiger partial charge is 0.398 e. The molecule has 0 bridgehead atoms. The molecule has 0 radical (unpaired) electrons. The fraction of sp³-hybridized carbons (Fsp3) is 0.417. The van der Waals surface area contributed by atoms with Crippen molar-refractivity contribution < 1.29 is 4.74 Å². The summed E-state index contributed by atoms with van der Waals surface area (Å²) in [5.41, 5.74) is 7.09.